The van der Waals surface area contributed by atoms with Gasteiger partial charge in [-0.05, 0) is 37.3 Å². The van der Waals surface area contributed by atoms with Crippen molar-refractivity contribution in [3.05, 3.63) is 24.3 Å². The molecule has 132 valence electrons. The predicted octanol–water partition coefficient (Wildman–Crippen LogP) is 3.66. The smallest absolute Gasteiger partial charge is 0.245 e. The normalized spacial score (nSPS) is 23.1. The average molecular weight is 329 g/mol. The summed E-state index contributed by atoms with van der Waals surface area (Å²) in [5, 5.41) is 0. The maximum absolute atomic E-state index is 13.3. The molecule has 0 spiro atoms. The second-order valence-corrected chi connectivity index (χ2v) is 7.72. The quantitative estimate of drug-likeness (QED) is 0.858. The fraction of sp³-hybridized carbons (Fsp3) is 0.650. The van der Waals surface area contributed by atoms with Gasteiger partial charge in [-0.25, -0.2) is 0 Å². The van der Waals surface area contributed by atoms with E-state index in [0.29, 0.717) is 17.9 Å². The molecule has 1 atom stereocenters. The van der Waals surface area contributed by atoms with E-state index in [1.54, 1.807) is 0 Å². The summed E-state index contributed by atoms with van der Waals surface area (Å²) in [5.74, 6) is 0.794. The first-order chi connectivity index (χ1) is 11.6. The number of amides is 1. The number of rotatable bonds is 4. The minimum atomic E-state index is -0.0784. The van der Waals surface area contributed by atoms with Gasteiger partial charge >= 0.3 is 0 Å². The molecule has 1 saturated carbocycles. The summed E-state index contributed by atoms with van der Waals surface area (Å²) in [6, 6.07) is 8.32. The fourth-order valence-corrected chi connectivity index (χ4v) is 4.27. The van der Waals surface area contributed by atoms with E-state index in [1.807, 2.05) is 24.3 Å². The first-order valence-electron chi connectivity index (χ1n) is 9.49. The van der Waals surface area contributed by atoms with Crippen molar-refractivity contribution in [1.82, 2.24) is 4.90 Å². The van der Waals surface area contributed by atoms with Gasteiger partial charge in [-0.15, -0.1) is 0 Å². The maximum Gasteiger partial charge on any atom is 0.245 e. The van der Waals surface area contributed by atoms with Crippen molar-refractivity contribution in [2.75, 3.05) is 23.7 Å². The van der Waals surface area contributed by atoms with Crippen LogP contribution in [-0.2, 0) is 4.79 Å². The van der Waals surface area contributed by atoms with Crippen LogP contribution in [-0.4, -0.2) is 36.0 Å². The first-order valence-corrected chi connectivity index (χ1v) is 9.49. The summed E-state index contributed by atoms with van der Waals surface area (Å²) in [5.41, 5.74) is 7.98. The summed E-state index contributed by atoms with van der Waals surface area (Å²) in [6.45, 7) is 6.10. The summed E-state index contributed by atoms with van der Waals surface area (Å²) in [4.78, 5) is 17.7. The molecule has 1 aliphatic carbocycles. The molecule has 1 unspecified atom stereocenters. The number of para-hydroxylation sites is 2. The molecular formula is C20H31N3O. The van der Waals surface area contributed by atoms with E-state index >= 15 is 0 Å². The van der Waals surface area contributed by atoms with Crippen LogP contribution in [0.15, 0.2) is 24.3 Å². The monoisotopic (exact) mass is 329 g/mol. The molecule has 0 bridgehead atoms. The van der Waals surface area contributed by atoms with Gasteiger partial charge in [-0.1, -0.05) is 45.2 Å². The van der Waals surface area contributed by atoms with Gasteiger partial charge in [-0.3, -0.25) is 4.79 Å². The molecule has 1 aromatic rings. The van der Waals surface area contributed by atoms with Gasteiger partial charge in [0.25, 0.3) is 0 Å². The molecule has 2 aliphatic rings. The highest BCUT2D eigenvalue weighted by Gasteiger charge is 2.38. The van der Waals surface area contributed by atoms with Gasteiger partial charge in [0.2, 0.25) is 5.91 Å². The second kappa shape index (κ2) is 7.45. The highest BCUT2D eigenvalue weighted by molar-refractivity contribution is 5.88. The van der Waals surface area contributed by atoms with Crippen LogP contribution in [0.25, 0.3) is 0 Å². The van der Waals surface area contributed by atoms with Crippen molar-refractivity contribution in [2.24, 2.45) is 5.92 Å². The van der Waals surface area contributed by atoms with E-state index in [-0.39, 0.29) is 6.04 Å². The Morgan fingerprint density at radius 2 is 1.75 bits per heavy atom. The lowest BCUT2D eigenvalue weighted by molar-refractivity contribution is -0.138. The Kier molecular flexibility index (Phi) is 5.32. The molecule has 3 rings (SSSR count). The summed E-state index contributed by atoms with van der Waals surface area (Å²) in [6.07, 6.45) is 7.08. The van der Waals surface area contributed by atoms with Crippen LogP contribution in [0.1, 0.15) is 52.4 Å². The van der Waals surface area contributed by atoms with Crippen LogP contribution in [0.4, 0.5) is 11.4 Å². The molecule has 2 N–H and O–H groups in total. The van der Waals surface area contributed by atoms with Crippen LogP contribution < -0.4 is 10.6 Å². The summed E-state index contributed by atoms with van der Waals surface area (Å²) < 4.78 is 0. The summed E-state index contributed by atoms with van der Waals surface area (Å²) >= 11 is 0. The van der Waals surface area contributed by atoms with Crippen molar-refractivity contribution in [3.63, 3.8) is 0 Å². The molecule has 0 aromatic heterocycles. The van der Waals surface area contributed by atoms with E-state index in [1.165, 1.54) is 32.1 Å². The Bertz CT molecular complexity index is 566. The third-order valence-electron chi connectivity index (χ3n) is 5.48. The lowest BCUT2D eigenvalue weighted by Crippen LogP contribution is -2.60. The second-order valence-electron chi connectivity index (χ2n) is 7.72. The Balaban J connectivity index is 1.84. The maximum atomic E-state index is 13.3. The molecule has 1 heterocycles. The number of piperazine rings is 1. The van der Waals surface area contributed by atoms with Gasteiger partial charge in [0.1, 0.15) is 6.04 Å². The number of carbonyl (C=O) groups excluding carboxylic acids is 1. The van der Waals surface area contributed by atoms with Crippen molar-refractivity contribution in [3.8, 4) is 0 Å². The van der Waals surface area contributed by atoms with Crippen molar-refractivity contribution in [1.29, 1.82) is 0 Å². The number of benzene rings is 1. The van der Waals surface area contributed by atoms with Crippen LogP contribution in [0.3, 0.4) is 0 Å². The minimum absolute atomic E-state index is 0.0784. The van der Waals surface area contributed by atoms with E-state index in [2.05, 4.69) is 23.6 Å². The van der Waals surface area contributed by atoms with E-state index in [0.717, 1.165) is 30.9 Å². The van der Waals surface area contributed by atoms with E-state index < -0.39 is 0 Å². The molecule has 1 amide bonds. The Morgan fingerprint density at radius 1 is 1.08 bits per heavy atom. The average Bonchev–Trinajstić information content (AvgIpc) is 2.58. The van der Waals surface area contributed by atoms with Crippen LogP contribution in [0, 0.1) is 5.92 Å². The van der Waals surface area contributed by atoms with Gasteiger partial charge < -0.3 is 15.5 Å². The first kappa shape index (κ1) is 17.1. The molecule has 1 saturated heterocycles. The van der Waals surface area contributed by atoms with Gasteiger partial charge in [0, 0.05) is 19.1 Å². The lowest BCUT2D eigenvalue weighted by Gasteiger charge is -2.46. The van der Waals surface area contributed by atoms with Crippen LogP contribution >= 0.6 is 0 Å². The van der Waals surface area contributed by atoms with E-state index in [9.17, 15) is 4.79 Å². The zero-order valence-electron chi connectivity index (χ0n) is 15.1. The van der Waals surface area contributed by atoms with Gasteiger partial charge in [-0.2, -0.15) is 0 Å². The zero-order chi connectivity index (χ0) is 17.1. The standard InChI is InChI=1S/C20H31N3O/c1-15(2)14-19-20(24)22(16-8-4-3-5-9-16)12-13-23(19)18-11-7-6-10-17(18)21/h6-7,10-11,15-16,19H,3-5,8-9,12-14,21H2,1-2H3. The van der Waals surface area contributed by atoms with Crippen LogP contribution in [0.5, 0.6) is 0 Å². The molecular weight excluding hydrogens is 298 g/mol. The number of nitrogens with zero attached hydrogens (tertiary/aromatic N) is 2. The summed E-state index contributed by atoms with van der Waals surface area (Å²) in [7, 11) is 0. The highest BCUT2D eigenvalue weighted by Crippen LogP contribution is 2.32. The SMILES string of the molecule is CC(C)CC1C(=O)N(C2CCCCC2)CCN1c1ccccc1N. The number of anilines is 2. The Morgan fingerprint density at radius 3 is 2.42 bits per heavy atom. The highest BCUT2D eigenvalue weighted by atomic mass is 16.2. The minimum Gasteiger partial charge on any atom is -0.397 e. The molecule has 1 aromatic carbocycles. The fourth-order valence-electron chi connectivity index (χ4n) is 4.27. The van der Waals surface area contributed by atoms with Crippen molar-refractivity contribution >= 4 is 17.3 Å². The Labute approximate surface area is 146 Å². The Hall–Kier alpha value is -1.71. The number of nitrogen functional groups attached to an aromatic ring is 1. The molecule has 4 heteroatoms. The molecule has 2 fully saturated rings. The van der Waals surface area contributed by atoms with E-state index in [4.69, 9.17) is 5.73 Å². The molecule has 4 nitrogen and oxygen atoms in total. The van der Waals surface area contributed by atoms with Gasteiger partial charge in [0.15, 0.2) is 0 Å². The largest absolute Gasteiger partial charge is 0.397 e. The predicted molar refractivity (Wildman–Crippen MR) is 100 cm³/mol. The number of hydrogen-bond acceptors (Lipinski definition) is 3. The lowest BCUT2D eigenvalue weighted by atomic mass is 9.91. The third kappa shape index (κ3) is 3.52. The molecule has 0 radical (unpaired) electrons. The third-order valence-corrected chi connectivity index (χ3v) is 5.48. The number of carbonyl (C=O) groups is 1. The van der Waals surface area contributed by atoms with Gasteiger partial charge in [0.05, 0.1) is 11.4 Å². The molecule has 1 aliphatic heterocycles. The van der Waals surface area contributed by atoms with Crippen LogP contribution in [0.2, 0.25) is 0 Å². The zero-order valence-corrected chi connectivity index (χ0v) is 15.1. The number of hydrogen-bond donors (Lipinski definition) is 1. The number of nitrogens with two attached hydrogens (primary N) is 1. The van der Waals surface area contributed by atoms with Crippen molar-refractivity contribution in [2.45, 2.75) is 64.5 Å². The molecule has 24 heavy (non-hydrogen) atoms. The topological polar surface area (TPSA) is 49.6 Å². The van der Waals surface area contributed by atoms with Crippen molar-refractivity contribution < 1.29 is 4.79 Å².